The van der Waals surface area contributed by atoms with Crippen LogP contribution in [0.25, 0.3) is 0 Å². The lowest BCUT2D eigenvalue weighted by Gasteiger charge is -2.31. The first-order chi connectivity index (χ1) is 8.79. The van der Waals surface area contributed by atoms with E-state index in [0.717, 1.165) is 32.5 Å². The molecule has 0 aliphatic rings. The Morgan fingerprint density at radius 2 is 1.83 bits per heavy atom. The molecule has 0 aliphatic heterocycles. The van der Waals surface area contributed by atoms with E-state index in [1.54, 1.807) is 0 Å². The van der Waals surface area contributed by atoms with Crippen LogP contribution in [-0.4, -0.2) is 19.1 Å². The second-order valence-corrected chi connectivity index (χ2v) is 5.12. The van der Waals surface area contributed by atoms with Crippen molar-refractivity contribution >= 4 is 11.6 Å². The van der Waals surface area contributed by atoms with Crippen LogP contribution in [0.4, 0.5) is 0 Å². The molecule has 2 heteroatoms. The molecule has 0 N–H and O–H groups in total. The zero-order chi connectivity index (χ0) is 13.3. The van der Waals surface area contributed by atoms with E-state index in [2.05, 4.69) is 44.2 Å². The number of hydrogen-bond acceptors (Lipinski definition) is 1. The first kappa shape index (κ1) is 15.5. The van der Waals surface area contributed by atoms with E-state index < -0.39 is 0 Å². The first-order valence-electron chi connectivity index (χ1n) is 6.98. The summed E-state index contributed by atoms with van der Waals surface area (Å²) < 4.78 is 5.70. The summed E-state index contributed by atoms with van der Waals surface area (Å²) in [6, 6.07) is 10.6. The second kappa shape index (κ2) is 8.55. The lowest BCUT2D eigenvalue weighted by molar-refractivity contribution is 0.113. The standard InChI is InChI=1S/C16H25ClO/c1-3-5-12-18-13-11-16(4-2,14-17)15-9-7-6-8-10-15/h6-10H,3-5,11-14H2,1-2H3. The predicted octanol–water partition coefficient (Wildman–Crippen LogP) is 4.78. The molecule has 102 valence electrons. The van der Waals surface area contributed by atoms with Gasteiger partial charge >= 0.3 is 0 Å². The molecular weight excluding hydrogens is 244 g/mol. The van der Waals surface area contributed by atoms with Gasteiger partial charge in [-0.25, -0.2) is 0 Å². The highest BCUT2D eigenvalue weighted by molar-refractivity contribution is 6.18. The molecule has 0 saturated heterocycles. The molecule has 1 rings (SSSR count). The molecule has 0 amide bonds. The second-order valence-electron chi connectivity index (χ2n) is 4.85. The number of rotatable bonds is 9. The summed E-state index contributed by atoms with van der Waals surface area (Å²) >= 11 is 6.24. The number of hydrogen-bond donors (Lipinski definition) is 0. The molecule has 18 heavy (non-hydrogen) atoms. The summed E-state index contributed by atoms with van der Waals surface area (Å²) in [5, 5.41) is 0. The van der Waals surface area contributed by atoms with Crippen LogP contribution < -0.4 is 0 Å². The fraction of sp³-hybridized carbons (Fsp3) is 0.625. The molecule has 1 aromatic carbocycles. The molecule has 1 atom stereocenters. The van der Waals surface area contributed by atoms with Crippen molar-refractivity contribution in [1.29, 1.82) is 0 Å². The normalized spacial score (nSPS) is 14.4. The monoisotopic (exact) mass is 268 g/mol. The van der Waals surface area contributed by atoms with Gasteiger partial charge in [0.2, 0.25) is 0 Å². The first-order valence-corrected chi connectivity index (χ1v) is 7.51. The van der Waals surface area contributed by atoms with Crippen molar-refractivity contribution in [3.05, 3.63) is 35.9 Å². The maximum Gasteiger partial charge on any atom is 0.0474 e. The van der Waals surface area contributed by atoms with Crippen molar-refractivity contribution in [3.63, 3.8) is 0 Å². The lowest BCUT2D eigenvalue weighted by atomic mass is 9.77. The highest BCUT2D eigenvalue weighted by Crippen LogP contribution is 2.33. The van der Waals surface area contributed by atoms with E-state index in [4.69, 9.17) is 16.3 Å². The van der Waals surface area contributed by atoms with Crippen LogP contribution >= 0.6 is 11.6 Å². The van der Waals surface area contributed by atoms with Gasteiger partial charge in [-0.2, -0.15) is 0 Å². The topological polar surface area (TPSA) is 9.23 Å². The van der Waals surface area contributed by atoms with Crippen LogP contribution in [0.5, 0.6) is 0 Å². The van der Waals surface area contributed by atoms with E-state index in [0.29, 0.717) is 5.88 Å². The molecular formula is C16H25ClO. The Morgan fingerprint density at radius 1 is 1.11 bits per heavy atom. The van der Waals surface area contributed by atoms with E-state index in [1.807, 2.05) is 0 Å². The van der Waals surface area contributed by atoms with Crippen LogP contribution in [0, 0.1) is 0 Å². The fourth-order valence-electron chi connectivity index (χ4n) is 2.17. The zero-order valence-electron chi connectivity index (χ0n) is 11.6. The molecule has 1 unspecified atom stereocenters. The van der Waals surface area contributed by atoms with Crippen molar-refractivity contribution in [2.75, 3.05) is 19.1 Å². The average Bonchev–Trinajstić information content (AvgIpc) is 2.44. The maximum absolute atomic E-state index is 6.24. The smallest absolute Gasteiger partial charge is 0.0474 e. The molecule has 0 aromatic heterocycles. The van der Waals surface area contributed by atoms with Gasteiger partial charge in [-0.05, 0) is 24.8 Å². The molecule has 0 spiro atoms. The van der Waals surface area contributed by atoms with Crippen molar-refractivity contribution < 1.29 is 4.74 Å². The highest BCUT2D eigenvalue weighted by Gasteiger charge is 2.28. The van der Waals surface area contributed by atoms with Gasteiger partial charge in [0.1, 0.15) is 0 Å². The summed E-state index contributed by atoms with van der Waals surface area (Å²) in [6.07, 6.45) is 4.39. The van der Waals surface area contributed by atoms with Crippen LogP contribution in [0.2, 0.25) is 0 Å². The number of unbranched alkanes of at least 4 members (excludes halogenated alkanes) is 1. The molecule has 0 fully saturated rings. The Bertz CT molecular complexity index is 306. The Labute approximate surface area is 116 Å². The lowest BCUT2D eigenvalue weighted by Crippen LogP contribution is -2.29. The molecule has 0 aliphatic carbocycles. The summed E-state index contributed by atoms with van der Waals surface area (Å²) in [5.41, 5.74) is 1.40. The maximum atomic E-state index is 6.24. The van der Waals surface area contributed by atoms with Crippen LogP contribution in [0.1, 0.15) is 45.1 Å². The molecule has 0 saturated carbocycles. The summed E-state index contributed by atoms with van der Waals surface area (Å²) in [6.45, 7) is 6.06. The Morgan fingerprint density at radius 3 is 2.39 bits per heavy atom. The Hall–Kier alpha value is -0.530. The van der Waals surface area contributed by atoms with Crippen molar-refractivity contribution in [2.24, 2.45) is 0 Å². The van der Waals surface area contributed by atoms with Gasteiger partial charge in [-0.15, -0.1) is 11.6 Å². The van der Waals surface area contributed by atoms with Gasteiger partial charge in [0.15, 0.2) is 0 Å². The van der Waals surface area contributed by atoms with Crippen LogP contribution in [0.15, 0.2) is 30.3 Å². The molecule has 0 heterocycles. The van der Waals surface area contributed by atoms with Crippen molar-refractivity contribution in [1.82, 2.24) is 0 Å². The van der Waals surface area contributed by atoms with Crippen LogP contribution in [0.3, 0.4) is 0 Å². The fourth-order valence-corrected chi connectivity index (χ4v) is 2.65. The third-order valence-electron chi connectivity index (χ3n) is 3.69. The van der Waals surface area contributed by atoms with E-state index in [1.165, 1.54) is 12.0 Å². The third kappa shape index (κ3) is 4.29. The number of alkyl halides is 1. The van der Waals surface area contributed by atoms with Crippen molar-refractivity contribution in [3.8, 4) is 0 Å². The SMILES string of the molecule is CCCCOCCC(CC)(CCl)c1ccccc1. The largest absolute Gasteiger partial charge is 0.381 e. The molecule has 0 bridgehead atoms. The highest BCUT2D eigenvalue weighted by atomic mass is 35.5. The third-order valence-corrected chi connectivity index (χ3v) is 4.20. The minimum Gasteiger partial charge on any atom is -0.381 e. The molecule has 1 aromatic rings. The van der Waals surface area contributed by atoms with Gasteiger partial charge < -0.3 is 4.74 Å². The quantitative estimate of drug-likeness (QED) is 0.463. The van der Waals surface area contributed by atoms with Gasteiger partial charge in [0.25, 0.3) is 0 Å². The van der Waals surface area contributed by atoms with Gasteiger partial charge in [0.05, 0.1) is 0 Å². The van der Waals surface area contributed by atoms with E-state index in [-0.39, 0.29) is 5.41 Å². The summed E-state index contributed by atoms with van der Waals surface area (Å²) in [5.74, 6) is 0.657. The Balaban J connectivity index is 2.58. The number of ether oxygens (including phenoxy) is 1. The number of benzene rings is 1. The number of halogens is 1. The van der Waals surface area contributed by atoms with E-state index >= 15 is 0 Å². The Kier molecular flexibility index (Phi) is 7.38. The van der Waals surface area contributed by atoms with Crippen LogP contribution in [-0.2, 0) is 10.2 Å². The van der Waals surface area contributed by atoms with E-state index in [9.17, 15) is 0 Å². The molecule has 1 nitrogen and oxygen atoms in total. The minimum atomic E-state index is 0.0645. The zero-order valence-corrected chi connectivity index (χ0v) is 12.4. The average molecular weight is 269 g/mol. The van der Waals surface area contributed by atoms with Gasteiger partial charge in [-0.3, -0.25) is 0 Å². The van der Waals surface area contributed by atoms with Gasteiger partial charge in [0, 0.05) is 24.5 Å². The predicted molar refractivity (Wildman–Crippen MR) is 79.5 cm³/mol. The molecule has 0 radical (unpaired) electrons. The summed E-state index contributed by atoms with van der Waals surface area (Å²) in [7, 11) is 0. The van der Waals surface area contributed by atoms with Crippen molar-refractivity contribution in [2.45, 2.75) is 44.9 Å². The minimum absolute atomic E-state index is 0.0645. The van der Waals surface area contributed by atoms with Gasteiger partial charge in [-0.1, -0.05) is 50.6 Å². The summed E-state index contributed by atoms with van der Waals surface area (Å²) in [4.78, 5) is 0.